The predicted octanol–water partition coefficient (Wildman–Crippen LogP) is 6.26. The van der Waals surface area contributed by atoms with Crippen molar-refractivity contribution in [3.05, 3.63) is 119 Å². The Morgan fingerprint density at radius 2 is 1.77 bits per heavy atom. The summed E-state index contributed by atoms with van der Waals surface area (Å²) in [6, 6.07) is 24.6. The molecule has 0 spiro atoms. The fraction of sp³-hybridized carbons (Fsp3) is 0.172. The molecule has 1 aliphatic heterocycles. The molecular formula is C29H24F2N2O2. The van der Waals surface area contributed by atoms with E-state index in [1.165, 1.54) is 12.1 Å². The van der Waals surface area contributed by atoms with Gasteiger partial charge in [0.1, 0.15) is 11.6 Å². The minimum absolute atomic E-state index is 0.0199. The Balaban J connectivity index is 1.42. The number of benzene rings is 4. The highest BCUT2D eigenvalue weighted by Gasteiger charge is 2.28. The minimum Gasteiger partial charge on any atom is -0.390 e. The zero-order valence-corrected chi connectivity index (χ0v) is 19.2. The van der Waals surface area contributed by atoms with E-state index in [9.17, 15) is 13.6 Å². The van der Waals surface area contributed by atoms with E-state index in [-0.39, 0.29) is 30.7 Å². The van der Waals surface area contributed by atoms with Crippen LogP contribution in [0.15, 0.2) is 90.1 Å². The van der Waals surface area contributed by atoms with E-state index in [0.29, 0.717) is 12.0 Å². The molecule has 4 aromatic carbocycles. The second kappa shape index (κ2) is 9.66. The number of fused-ring (bicyclic) bond motifs is 1. The molecule has 5 rings (SSSR count). The summed E-state index contributed by atoms with van der Waals surface area (Å²) < 4.78 is 28.0. The number of nitrogens with zero attached hydrogens (tertiary/aromatic N) is 2. The first-order valence-electron chi connectivity index (χ1n) is 11.5. The second-order valence-corrected chi connectivity index (χ2v) is 8.78. The number of amides is 1. The lowest BCUT2D eigenvalue weighted by Crippen LogP contribution is -2.37. The van der Waals surface area contributed by atoms with Crippen molar-refractivity contribution in [3.63, 3.8) is 0 Å². The zero-order chi connectivity index (χ0) is 24.4. The van der Waals surface area contributed by atoms with Crippen molar-refractivity contribution in [2.75, 3.05) is 6.54 Å². The topological polar surface area (TPSA) is 41.9 Å². The Morgan fingerprint density at radius 1 is 1.00 bits per heavy atom. The number of hydrogen-bond acceptors (Lipinski definition) is 3. The van der Waals surface area contributed by atoms with Gasteiger partial charge < -0.3 is 9.74 Å². The van der Waals surface area contributed by atoms with Crippen LogP contribution < -0.4 is 0 Å². The third-order valence-corrected chi connectivity index (χ3v) is 6.23. The molecule has 0 saturated carbocycles. The molecule has 1 amide bonds. The summed E-state index contributed by atoms with van der Waals surface area (Å²) in [6.07, 6.45) is 0.141. The van der Waals surface area contributed by atoms with Gasteiger partial charge in [0.05, 0.1) is 12.3 Å². The molecule has 1 atom stereocenters. The van der Waals surface area contributed by atoms with E-state index in [2.05, 4.69) is 5.16 Å². The molecule has 0 radical (unpaired) electrons. The number of rotatable bonds is 6. The quantitative estimate of drug-likeness (QED) is 0.334. The van der Waals surface area contributed by atoms with Crippen LogP contribution in [0, 0.1) is 18.6 Å². The lowest BCUT2D eigenvalue weighted by molar-refractivity contribution is 0.0404. The number of carbonyl (C=O) groups excluding carboxylic acids is 1. The molecule has 0 saturated heterocycles. The van der Waals surface area contributed by atoms with Crippen LogP contribution in [0.3, 0.4) is 0 Å². The van der Waals surface area contributed by atoms with Crippen LogP contribution in [0.2, 0.25) is 0 Å². The highest BCUT2D eigenvalue weighted by molar-refractivity contribution is 6.07. The summed E-state index contributed by atoms with van der Waals surface area (Å²) in [4.78, 5) is 21.0. The number of halogens is 2. The number of hydrogen-bond donors (Lipinski definition) is 0. The third kappa shape index (κ3) is 4.92. The molecule has 0 aromatic heterocycles. The summed E-state index contributed by atoms with van der Waals surface area (Å²) >= 11 is 0. The summed E-state index contributed by atoms with van der Waals surface area (Å²) in [5.41, 5.74) is 3.68. The first-order chi connectivity index (χ1) is 17.0. The van der Waals surface area contributed by atoms with Crippen molar-refractivity contribution in [2.45, 2.75) is 26.0 Å². The van der Waals surface area contributed by atoms with Crippen LogP contribution in [-0.4, -0.2) is 29.2 Å². The van der Waals surface area contributed by atoms with E-state index >= 15 is 0 Å². The maximum atomic E-state index is 14.5. The summed E-state index contributed by atoms with van der Waals surface area (Å²) in [5, 5.41) is 6.00. The van der Waals surface area contributed by atoms with Gasteiger partial charge in [0.2, 0.25) is 0 Å². The molecule has 4 nitrogen and oxygen atoms in total. The Labute approximate surface area is 202 Å². The van der Waals surface area contributed by atoms with Crippen molar-refractivity contribution >= 4 is 22.4 Å². The van der Waals surface area contributed by atoms with Crippen molar-refractivity contribution in [3.8, 4) is 0 Å². The van der Waals surface area contributed by atoms with Gasteiger partial charge in [-0.1, -0.05) is 77.4 Å². The molecule has 35 heavy (non-hydrogen) atoms. The monoisotopic (exact) mass is 470 g/mol. The van der Waals surface area contributed by atoms with E-state index < -0.39 is 11.6 Å². The van der Waals surface area contributed by atoms with Crippen molar-refractivity contribution in [1.29, 1.82) is 0 Å². The van der Waals surface area contributed by atoms with E-state index in [0.717, 1.165) is 33.7 Å². The Kier molecular flexibility index (Phi) is 6.27. The minimum atomic E-state index is -0.690. The van der Waals surface area contributed by atoms with Crippen molar-refractivity contribution < 1.29 is 18.4 Å². The van der Waals surface area contributed by atoms with Gasteiger partial charge in [0, 0.05) is 30.2 Å². The molecule has 4 aromatic rings. The highest BCUT2D eigenvalue weighted by Crippen LogP contribution is 2.24. The van der Waals surface area contributed by atoms with Gasteiger partial charge in [-0.15, -0.1) is 0 Å². The van der Waals surface area contributed by atoms with Crippen LogP contribution >= 0.6 is 0 Å². The van der Waals surface area contributed by atoms with Crippen LogP contribution in [0.25, 0.3) is 10.8 Å². The van der Waals surface area contributed by atoms with Crippen LogP contribution in [-0.2, 0) is 11.4 Å². The first kappa shape index (κ1) is 22.7. The smallest absolute Gasteiger partial charge is 0.254 e. The Bertz CT molecular complexity index is 1410. The standard InChI is InChI=1S/C29H24F2N2O2/c1-19-9-11-21(12-10-19)28-16-24(35-32-28)18-33(17-22-13-14-23(30)15-27(22)31)29(34)26-8-4-6-20-5-2-3-7-25(20)26/h2-15,24H,16-18H2,1H3. The second-order valence-electron chi connectivity index (χ2n) is 8.78. The first-order valence-corrected chi connectivity index (χ1v) is 11.5. The molecule has 0 bridgehead atoms. The molecule has 0 fully saturated rings. The van der Waals surface area contributed by atoms with Crippen LogP contribution in [0.1, 0.15) is 33.5 Å². The van der Waals surface area contributed by atoms with Crippen LogP contribution in [0.4, 0.5) is 8.78 Å². The lowest BCUT2D eigenvalue weighted by Gasteiger charge is -2.26. The molecule has 176 valence electrons. The van der Waals surface area contributed by atoms with E-state index in [1.54, 1.807) is 11.0 Å². The average Bonchev–Trinajstić information content (AvgIpc) is 3.33. The SMILES string of the molecule is Cc1ccc(C2=NOC(CN(Cc3ccc(F)cc3F)C(=O)c3cccc4ccccc34)C2)cc1. The molecule has 0 aliphatic carbocycles. The van der Waals surface area contributed by atoms with Gasteiger partial charge in [0.25, 0.3) is 5.91 Å². The van der Waals surface area contributed by atoms with Gasteiger partial charge in [-0.3, -0.25) is 4.79 Å². The lowest BCUT2D eigenvalue weighted by atomic mass is 10.0. The maximum absolute atomic E-state index is 14.5. The molecular weight excluding hydrogens is 446 g/mol. The fourth-order valence-corrected chi connectivity index (χ4v) is 4.35. The van der Waals surface area contributed by atoms with Gasteiger partial charge in [-0.2, -0.15) is 0 Å². The van der Waals surface area contributed by atoms with E-state index in [4.69, 9.17) is 4.84 Å². The van der Waals surface area contributed by atoms with Gasteiger partial charge in [0.15, 0.2) is 6.10 Å². The largest absolute Gasteiger partial charge is 0.390 e. The predicted molar refractivity (Wildman–Crippen MR) is 132 cm³/mol. The highest BCUT2D eigenvalue weighted by atomic mass is 19.1. The zero-order valence-electron chi connectivity index (χ0n) is 19.2. The third-order valence-electron chi connectivity index (χ3n) is 6.23. The fourth-order valence-electron chi connectivity index (χ4n) is 4.35. The Morgan fingerprint density at radius 3 is 2.57 bits per heavy atom. The molecule has 0 N–H and O–H groups in total. The normalized spacial score (nSPS) is 15.1. The summed E-state index contributed by atoms with van der Waals surface area (Å²) in [5.74, 6) is -1.60. The van der Waals surface area contributed by atoms with Gasteiger partial charge >= 0.3 is 0 Å². The van der Waals surface area contributed by atoms with Gasteiger partial charge in [-0.25, -0.2) is 8.78 Å². The summed E-state index contributed by atoms with van der Waals surface area (Å²) in [6.45, 7) is 2.20. The van der Waals surface area contributed by atoms with Crippen molar-refractivity contribution in [2.24, 2.45) is 5.16 Å². The maximum Gasteiger partial charge on any atom is 0.254 e. The number of carbonyl (C=O) groups is 1. The van der Waals surface area contributed by atoms with Crippen molar-refractivity contribution in [1.82, 2.24) is 4.90 Å². The molecule has 1 unspecified atom stereocenters. The average molecular weight is 471 g/mol. The number of oxime groups is 1. The molecule has 1 heterocycles. The Hall–Kier alpha value is -4.06. The summed E-state index contributed by atoms with van der Waals surface area (Å²) in [7, 11) is 0. The number of aryl methyl sites for hydroxylation is 1. The van der Waals surface area contributed by atoms with E-state index in [1.807, 2.05) is 67.6 Å². The molecule has 6 heteroatoms. The van der Waals surface area contributed by atoms with Gasteiger partial charge in [-0.05, 0) is 35.4 Å². The van der Waals surface area contributed by atoms with Crippen LogP contribution in [0.5, 0.6) is 0 Å². The molecule has 1 aliphatic rings.